The van der Waals surface area contributed by atoms with Gasteiger partial charge in [0, 0.05) is 8.04 Å². The molecule has 0 amide bonds. The maximum atomic E-state index is 14.2. The summed E-state index contributed by atoms with van der Waals surface area (Å²) in [6.45, 7) is 7.89. The summed E-state index contributed by atoms with van der Waals surface area (Å²) in [5, 5.41) is 0. The second-order valence-electron chi connectivity index (χ2n) is 10.8. The molecule has 0 aliphatic carbocycles. The van der Waals surface area contributed by atoms with Crippen molar-refractivity contribution in [2.75, 3.05) is 20.8 Å². The fourth-order valence-electron chi connectivity index (χ4n) is 5.13. The number of ether oxygens (including phenoxy) is 5. The van der Waals surface area contributed by atoms with Crippen LogP contribution in [0.4, 0.5) is 0 Å². The van der Waals surface area contributed by atoms with Crippen molar-refractivity contribution in [3.8, 4) is 23.0 Å². The molecule has 0 bridgehead atoms. The highest BCUT2D eigenvalue weighted by Gasteiger charge is 2.34. The molecule has 4 aromatic rings. The highest BCUT2D eigenvalue weighted by Crippen LogP contribution is 2.37. The summed E-state index contributed by atoms with van der Waals surface area (Å²) < 4.78 is 32.6. The van der Waals surface area contributed by atoms with E-state index < -0.39 is 12.0 Å². The molecule has 0 saturated carbocycles. The van der Waals surface area contributed by atoms with Crippen LogP contribution in [-0.4, -0.2) is 37.5 Å². The van der Waals surface area contributed by atoms with Gasteiger partial charge in [0.15, 0.2) is 27.8 Å². The van der Waals surface area contributed by atoms with Crippen LogP contribution in [0.25, 0.3) is 6.08 Å². The molecular weight excluding hydrogens is 799 g/mol. The van der Waals surface area contributed by atoms with Gasteiger partial charge in [-0.15, -0.1) is 0 Å². The minimum atomic E-state index is -0.801. The Bertz CT molecular complexity index is 2020. The first-order chi connectivity index (χ1) is 22.5. The molecule has 1 aliphatic rings. The van der Waals surface area contributed by atoms with Gasteiger partial charge in [-0.05, 0) is 109 Å². The second kappa shape index (κ2) is 15.1. The average Bonchev–Trinajstić information content (AvgIpc) is 3.34. The topological polar surface area (TPSA) is 97.6 Å². The number of hydrogen-bond acceptors (Lipinski definition) is 9. The van der Waals surface area contributed by atoms with E-state index in [-0.39, 0.29) is 23.8 Å². The van der Waals surface area contributed by atoms with Crippen molar-refractivity contribution in [3.05, 3.63) is 110 Å². The molecule has 0 saturated heterocycles. The zero-order chi connectivity index (χ0) is 33.8. The quantitative estimate of drug-likeness (QED) is 0.125. The number of methoxy groups -OCH3 is 2. The summed E-state index contributed by atoms with van der Waals surface area (Å²) in [6, 6.07) is 16.3. The van der Waals surface area contributed by atoms with E-state index in [2.05, 4.69) is 43.5 Å². The summed E-state index contributed by atoms with van der Waals surface area (Å²) in [4.78, 5) is 32.7. The van der Waals surface area contributed by atoms with E-state index in [4.69, 9.17) is 23.7 Å². The maximum absolute atomic E-state index is 14.2. The first-order valence-electron chi connectivity index (χ1n) is 14.8. The third kappa shape index (κ3) is 7.60. The lowest BCUT2D eigenvalue weighted by molar-refractivity contribution is -0.139. The number of halogens is 2. The van der Waals surface area contributed by atoms with Crippen LogP contribution in [-0.2, 0) is 16.1 Å². The van der Waals surface area contributed by atoms with Crippen LogP contribution in [0, 0.1) is 3.57 Å². The number of benzene rings is 3. The second-order valence-corrected chi connectivity index (χ2v) is 13.9. The number of carbonyl (C=O) groups excluding carboxylic acids is 1. The molecule has 0 N–H and O–H groups in total. The van der Waals surface area contributed by atoms with Crippen molar-refractivity contribution in [1.29, 1.82) is 0 Å². The molecule has 5 rings (SSSR count). The summed E-state index contributed by atoms with van der Waals surface area (Å²) in [5.41, 5.74) is 2.84. The zero-order valence-corrected chi connectivity index (χ0v) is 31.3. The third-order valence-corrected chi connectivity index (χ3v) is 9.65. The van der Waals surface area contributed by atoms with E-state index in [1.165, 1.54) is 15.9 Å². The number of nitrogens with zero attached hydrogens (tertiary/aromatic N) is 2. The lowest BCUT2D eigenvalue weighted by Crippen LogP contribution is -2.40. The van der Waals surface area contributed by atoms with Crippen molar-refractivity contribution < 1.29 is 28.5 Å². The lowest BCUT2D eigenvalue weighted by Gasteiger charge is -2.25. The maximum Gasteiger partial charge on any atom is 0.338 e. The Balaban J connectivity index is 1.59. The molecular formula is C35H34BrIN2O7S. The fourth-order valence-corrected chi connectivity index (χ4v) is 6.96. The predicted octanol–water partition coefficient (Wildman–Crippen LogP) is 6.55. The molecule has 2 heterocycles. The number of aromatic nitrogens is 1. The highest BCUT2D eigenvalue weighted by atomic mass is 127. The van der Waals surface area contributed by atoms with Gasteiger partial charge in [-0.25, -0.2) is 9.79 Å². The predicted molar refractivity (Wildman–Crippen MR) is 193 cm³/mol. The number of carbonyl (C=O) groups is 1. The molecule has 0 fully saturated rings. The molecule has 246 valence electrons. The third-order valence-electron chi connectivity index (χ3n) is 7.26. The smallest absolute Gasteiger partial charge is 0.338 e. The van der Waals surface area contributed by atoms with Crippen molar-refractivity contribution >= 4 is 61.9 Å². The first kappa shape index (κ1) is 34.7. The number of allylic oxidation sites excluding steroid dienone is 1. The molecule has 0 radical (unpaired) electrons. The van der Waals surface area contributed by atoms with E-state index in [1.807, 2.05) is 56.3 Å². The number of thiazole rings is 1. The SMILES string of the molecule is CCOC(=O)C1=C(C)N=c2s/c(=C\c3cc(OC)c(OCc4ccc(I)cc4)cc3Br)c(=O)n2[C@H]1c1ccc(OC(C)C)c(OC)c1. The van der Waals surface area contributed by atoms with Crippen LogP contribution in [0.3, 0.4) is 0 Å². The van der Waals surface area contributed by atoms with Gasteiger partial charge in [0.25, 0.3) is 5.56 Å². The van der Waals surface area contributed by atoms with Gasteiger partial charge >= 0.3 is 5.97 Å². The van der Waals surface area contributed by atoms with Crippen LogP contribution in [0.5, 0.6) is 23.0 Å². The van der Waals surface area contributed by atoms with Crippen LogP contribution < -0.4 is 33.8 Å². The van der Waals surface area contributed by atoms with Gasteiger partial charge in [-0.1, -0.05) is 45.5 Å². The van der Waals surface area contributed by atoms with Gasteiger partial charge < -0.3 is 23.7 Å². The highest BCUT2D eigenvalue weighted by molar-refractivity contribution is 14.1. The molecule has 3 aromatic carbocycles. The van der Waals surface area contributed by atoms with E-state index in [0.29, 0.717) is 60.2 Å². The Morgan fingerprint density at radius 3 is 2.40 bits per heavy atom. The standard InChI is InChI=1S/C35H34BrIN2O7S/c1-7-44-34(41)31-20(4)38-35-39(32(31)22-10-13-26(46-19(2)3)27(14-22)42-5)33(40)30(47-35)16-23-15-28(43-6)29(17-25(23)36)45-18-21-8-11-24(37)12-9-21/h8-17,19,32H,7,18H2,1-6H3/b30-16-/t32-/m0/s1. The molecule has 9 nitrogen and oxygen atoms in total. The van der Waals surface area contributed by atoms with Crippen LogP contribution in [0.15, 0.2) is 80.1 Å². The van der Waals surface area contributed by atoms with Crippen molar-refractivity contribution in [3.63, 3.8) is 0 Å². The minimum Gasteiger partial charge on any atom is -0.493 e. The monoisotopic (exact) mass is 832 g/mol. The number of fused-ring (bicyclic) bond motifs is 1. The Morgan fingerprint density at radius 2 is 1.74 bits per heavy atom. The average molecular weight is 834 g/mol. The van der Waals surface area contributed by atoms with Gasteiger partial charge in [0.2, 0.25) is 0 Å². The van der Waals surface area contributed by atoms with Gasteiger partial charge in [0.05, 0.1) is 48.8 Å². The summed E-state index contributed by atoms with van der Waals surface area (Å²) in [5.74, 6) is 1.58. The number of hydrogen-bond donors (Lipinski definition) is 0. The van der Waals surface area contributed by atoms with E-state index >= 15 is 0 Å². The number of rotatable bonds is 11. The van der Waals surface area contributed by atoms with Crippen LogP contribution >= 0.6 is 49.9 Å². The van der Waals surface area contributed by atoms with Crippen molar-refractivity contribution in [2.24, 2.45) is 4.99 Å². The Hall–Kier alpha value is -3.62. The fraction of sp³-hybridized carbons (Fsp3) is 0.286. The molecule has 0 unspecified atom stereocenters. The molecule has 1 atom stereocenters. The summed E-state index contributed by atoms with van der Waals surface area (Å²) in [6.07, 6.45) is 1.70. The molecule has 47 heavy (non-hydrogen) atoms. The first-order valence-corrected chi connectivity index (χ1v) is 17.5. The lowest BCUT2D eigenvalue weighted by atomic mass is 9.95. The molecule has 1 aliphatic heterocycles. The van der Waals surface area contributed by atoms with E-state index in [1.54, 1.807) is 46.3 Å². The zero-order valence-electron chi connectivity index (χ0n) is 26.8. The van der Waals surface area contributed by atoms with E-state index in [9.17, 15) is 9.59 Å². The van der Waals surface area contributed by atoms with Gasteiger partial charge in [0.1, 0.15) is 6.61 Å². The Labute approximate surface area is 298 Å². The van der Waals surface area contributed by atoms with E-state index in [0.717, 1.165) is 9.13 Å². The minimum absolute atomic E-state index is 0.0730. The van der Waals surface area contributed by atoms with Gasteiger partial charge in [-0.2, -0.15) is 0 Å². The summed E-state index contributed by atoms with van der Waals surface area (Å²) in [7, 11) is 3.12. The molecule has 1 aromatic heterocycles. The normalized spacial score (nSPS) is 14.5. The Morgan fingerprint density at radius 1 is 1.04 bits per heavy atom. The molecule has 0 spiro atoms. The van der Waals surface area contributed by atoms with Crippen LogP contribution in [0.1, 0.15) is 50.4 Å². The van der Waals surface area contributed by atoms with Gasteiger partial charge in [-0.3, -0.25) is 9.36 Å². The van der Waals surface area contributed by atoms with Crippen LogP contribution in [0.2, 0.25) is 0 Å². The number of esters is 1. The molecule has 12 heteroatoms. The largest absolute Gasteiger partial charge is 0.493 e. The van der Waals surface area contributed by atoms with Crippen molar-refractivity contribution in [1.82, 2.24) is 4.57 Å². The summed E-state index contributed by atoms with van der Waals surface area (Å²) >= 11 is 7.15. The Kier molecular flexibility index (Phi) is 11.1. The van der Waals surface area contributed by atoms with Crippen molar-refractivity contribution in [2.45, 2.75) is 46.4 Å².